The summed E-state index contributed by atoms with van der Waals surface area (Å²) in [4.78, 5) is 12.7. The lowest BCUT2D eigenvalue weighted by molar-refractivity contribution is 0.103. The van der Waals surface area contributed by atoms with E-state index in [2.05, 4.69) is 26.4 Å². The van der Waals surface area contributed by atoms with Crippen molar-refractivity contribution in [2.75, 3.05) is 12.4 Å². The number of rotatable bonds is 4. The van der Waals surface area contributed by atoms with Crippen molar-refractivity contribution in [3.05, 3.63) is 44.6 Å². The molecule has 2 aromatic rings. The topological polar surface area (TPSA) is 96.9 Å². The number of carbonyl (C=O) groups is 1. The molecule has 0 bridgehead atoms. The van der Waals surface area contributed by atoms with Crippen LogP contribution in [0.3, 0.4) is 0 Å². The Hall–Kier alpha value is -2.06. The zero-order valence-corrected chi connectivity index (χ0v) is 13.4. The van der Waals surface area contributed by atoms with Crippen LogP contribution in [0.15, 0.2) is 39.3 Å². The normalized spacial score (nSPS) is 11.2. The minimum absolute atomic E-state index is 0.0819. The van der Waals surface area contributed by atoms with Gasteiger partial charge >= 0.3 is 0 Å². The number of thiophene rings is 1. The van der Waals surface area contributed by atoms with Crippen LogP contribution in [0, 0.1) is 0 Å². The van der Waals surface area contributed by atoms with Crippen molar-refractivity contribution in [2.24, 2.45) is 10.9 Å². The Balaban J connectivity index is 2.30. The summed E-state index contributed by atoms with van der Waals surface area (Å²) in [6.07, 6.45) is 0. The van der Waals surface area contributed by atoms with Crippen LogP contribution in [0.1, 0.15) is 15.2 Å². The highest BCUT2D eigenvalue weighted by Gasteiger charge is 2.14. The first-order valence-electron chi connectivity index (χ1n) is 5.76. The highest BCUT2D eigenvalue weighted by molar-refractivity contribution is 9.10. The van der Waals surface area contributed by atoms with E-state index in [0.29, 0.717) is 21.9 Å². The summed E-state index contributed by atoms with van der Waals surface area (Å²) in [5.74, 6) is 0.242. The Morgan fingerprint density at radius 3 is 2.86 bits per heavy atom. The molecule has 4 N–H and O–H groups in total. The van der Waals surface area contributed by atoms with Crippen molar-refractivity contribution in [1.82, 2.24) is 0 Å². The van der Waals surface area contributed by atoms with E-state index in [1.807, 2.05) is 0 Å². The molecule has 0 aliphatic rings. The first kappa shape index (κ1) is 15.3. The van der Waals surface area contributed by atoms with E-state index in [0.717, 1.165) is 4.47 Å². The number of nitrogens with zero attached hydrogens (tertiary/aromatic N) is 1. The molecule has 1 amide bonds. The predicted molar refractivity (Wildman–Crippen MR) is 85.5 cm³/mol. The molecule has 0 spiro atoms. The molecule has 1 heterocycles. The Labute approximate surface area is 133 Å². The minimum Gasteiger partial charge on any atom is -0.496 e. The summed E-state index contributed by atoms with van der Waals surface area (Å²) in [5.41, 5.74) is 6.47. The van der Waals surface area contributed by atoms with Gasteiger partial charge in [-0.05, 0) is 18.2 Å². The van der Waals surface area contributed by atoms with E-state index in [1.165, 1.54) is 18.4 Å². The fourth-order valence-electron chi connectivity index (χ4n) is 1.63. The molecule has 0 radical (unpaired) electrons. The molecule has 0 fully saturated rings. The molecule has 0 unspecified atom stereocenters. The van der Waals surface area contributed by atoms with Gasteiger partial charge in [0.05, 0.1) is 17.7 Å². The predicted octanol–water partition coefficient (Wildman–Crippen LogP) is 2.87. The molecule has 2 rings (SSSR count). The van der Waals surface area contributed by atoms with Gasteiger partial charge in [-0.2, -0.15) is 0 Å². The molecule has 6 nitrogen and oxygen atoms in total. The summed E-state index contributed by atoms with van der Waals surface area (Å²) in [6.45, 7) is 0. The minimum atomic E-state index is -0.298. The maximum atomic E-state index is 12.2. The average Bonchev–Trinajstić information content (AvgIpc) is 2.95. The van der Waals surface area contributed by atoms with Crippen molar-refractivity contribution in [2.45, 2.75) is 0 Å². The molecule has 1 aromatic carbocycles. The number of halogens is 1. The molecule has 0 atom stereocenters. The SMILES string of the molecule is COc1csc(C(=O)Nc2cc(Br)ccc2/C(N)=N/O)c1. The number of nitrogens with one attached hydrogen (secondary N) is 1. The highest BCUT2D eigenvalue weighted by atomic mass is 79.9. The smallest absolute Gasteiger partial charge is 0.265 e. The number of nitrogens with two attached hydrogens (primary N) is 1. The molecule has 21 heavy (non-hydrogen) atoms. The van der Waals surface area contributed by atoms with Gasteiger partial charge in [0, 0.05) is 21.5 Å². The lowest BCUT2D eigenvalue weighted by atomic mass is 10.1. The average molecular weight is 370 g/mol. The second-order valence-electron chi connectivity index (χ2n) is 3.98. The van der Waals surface area contributed by atoms with Crippen molar-refractivity contribution in [3.63, 3.8) is 0 Å². The third kappa shape index (κ3) is 3.53. The molecule has 0 aliphatic heterocycles. The largest absolute Gasteiger partial charge is 0.496 e. The quantitative estimate of drug-likeness (QED) is 0.334. The Bertz CT molecular complexity index is 700. The van der Waals surface area contributed by atoms with E-state index in [4.69, 9.17) is 15.7 Å². The number of oxime groups is 1. The summed E-state index contributed by atoms with van der Waals surface area (Å²) in [5, 5.41) is 16.2. The number of amides is 1. The standard InChI is InChI=1S/C13H12BrN3O3S/c1-20-8-5-11(21-6-8)13(18)16-10-4-7(14)2-3-9(10)12(15)17-19/h2-6,19H,1H3,(H2,15,17)(H,16,18). The van der Waals surface area contributed by atoms with Crippen LogP contribution in [0.25, 0.3) is 0 Å². The van der Waals surface area contributed by atoms with Gasteiger partial charge in [0.25, 0.3) is 5.91 Å². The Morgan fingerprint density at radius 1 is 1.48 bits per heavy atom. The van der Waals surface area contributed by atoms with Crippen LogP contribution in [-0.4, -0.2) is 24.1 Å². The molecule has 0 aliphatic carbocycles. The number of ether oxygens (including phenoxy) is 1. The van der Waals surface area contributed by atoms with Crippen LogP contribution in [-0.2, 0) is 0 Å². The zero-order chi connectivity index (χ0) is 15.4. The van der Waals surface area contributed by atoms with Gasteiger partial charge in [0.1, 0.15) is 5.75 Å². The first-order chi connectivity index (χ1) is 10.0. The maximum absolute atomic E-state index is 12.2. The second kappa shape index (κ2) is 6.59. The maximum Gasteiger partial charge on any atom is 0.265 e. The van der Waals surface area contributed by atoms with E-state index in [-0.39, 0.29) is 11.7 Å². The number of benzene rings is 1. The fourth-order valence-corrected chi connectivity index (χ4v) is 2.74. The summed E-state index contributed by atoms with van der Waals surface area (Å²) in [6, 6.07) is 6.69. The molecule has 8 heteroatoms. The summed E-state index contributed by atoms with van der Waals surface area (Å²) < 4.78 is 5.80. The fraction of sp³-hybridized carbons (Fsp3) is 0.0769. The van der Waals surface area contributed by atoms with Gasteiger partial charge in [0.15, 0.2) is 5.84 Å². The van der Waals surface area contributed by atoms with Crippen LogP contribution >= 0.6 is 27.3 Å². The van der Waals surface area contributed by atoms with Crippen molar-refractivity contribution < 1.29 is 14.7 Å². The number of methoxy groups -OCH3 is 1. The number of anilines is 1. The zero-order valence-electron chi connectivity index (χ0n) is 11.0. The van der Waals surface area contributed by atoms with Gasteiger partial charge in [-0.1, -0.05) is 21.1 Å². The third-order valence-corrected chi connectivity index (χ3v) is 4.05. The summed E-state index contributed by atoms with van der Waals surface area (Å²) in [7, 11) is 1.54. The molecule has 1 aromatic heterocycles. The number of amidine groups is 1. The molecule has 110 valence electrons. The number of hydrogen-bond donors (Lipinski definition) is 3. The van der Waals surface area contributed by atoms with Crippen molar-refractivity contribution >= 4 is 44.7 Å². The molecular formula is C13H12BrN3O3S. The Kier molecular flexibility index (Phi) is 4.81. The van der Waals surface area contributed by atoms with E-state index < -0.39 is 0 Å². The van der Waals surface area contributed by atoms with Crippen LogP contribution in [0.4, 0.5) is 5.69 Å². The van der Waals surface area contributed by atoms with E-state index in [1.54, 1.807) is 29.6 Å². The monoisotopic (exact) mass is 369 g/mol. The van der Waals surface area contributed by atoms with Crippen LogP contribution in [0.2, 0.25) is 0 Å². The number of hydrogen-bond acceptors (Lipinski definition) is 5. The molecule has 0 saturated carbocycles. The third-order valence-electron chi connectivity index (χ3n) is 2.65. The highest BCUT2D eigenvalue weighted by Crippen LogP contribution is 2.25. The van der Waals surface area contributed by atoms with E-state index in [9.17, 15) is 4.79 Å². The van der Waals surface area contributed by atoms with Gasteiger partial charge in [-0.15, -0.1) is 11.3 Å². The van der Waals surface area contributed by atoms with Crippen LogP contribution in [0.5, 0.6) is 5.75 Å². The number of carbonyl (C=O) groups excluding carboxylic acids is 1. The van der Waals surface area contributed by atoms with Gasteiger partial charge in [-0.3, -0.25) is 4.79 Å². The van der Waals surface area contributed by atoms with Gasteiger partial charge < -0.3 is 21.0 Å². The summed E-state index contributed by atoms with van der Waals surface area (Å²) >= 11 is 4.58. The Morgan fingerprint density at radius 2 is 2.24 bits per heavy atom. The molecule has 0 saturated heterocycles. The van der Waals surface area contributed by atoms with Crippen LogP contribution < -0.4 is 15.8 Å². The van der Waals surface area contributed by atoms with E-state index >= 15 is 0 Å². The van der Waals surface area contributed by atoms with Gasteiger partial charge in [-0.25, -0.2) is 0 Å². The first-order valence-corrected chi connectivity index (χ1v) is 7.43. The van der Waals surface area contributed by atoms with Crippen molar-refractivity contribution in [3.8, 4) is 5.75 Å². The molecular weight excluding hydrogens is 358 g/mol. The van der Waals surface area contributed by atoms with Crippen molar-refractivity contribution in [1.29, 1.82) is 0 Å². The second-order valence-corrected chi connectivity index (χ2v) is 5.81. The lowest BCUT2D eigenvalue weighted by Gasteiger charge is -2.10. The lowest BCUT2D eigenvalue weighted by Crippen LogP contribution is -2.18. The van der Waals surface area contributed by atoms with Gasteiger partial charge in [0.2, 0.25) is 0 Å².